The van der Waals surface area contributed by atoms with Crippen molar-refractivity contribution in [1.82, 2.24) is 0 Å². The molecular formula is C12H24O3. The Morgan fingerprint density at radius 2 is 1.73 bits per heavy atom. The van der Waals surface area contributed by atoms with Crippen LogP contribution >= 0.6 is 0 Å². The Morgan fingerprint density at radius 1 is 1.20 bits per heavy atom. The van der Waals surface area contributed by atoms with Crippen molar-refractivity contribution in [2.75, 3.05) is 13.7 Å². The summed E-state index contributed by atoms with van der Waals surface area (Å²) in [5.41, 5.74) is 0. The monoisotopic (exact) mass is 216 g/mol. The van der Waals surface area contributed by atoms with Gasteiger partial charge in [0.15, 0.2) is 12.1 Å². The van der Waals surface area contributed by atoms with Gasteiger partial charge in [-0.25, -0.2) is 0 Å². The van der Waals surface area contributed by atoms with Crippen LogP contribution in [0.4, 0.5) is 0 Å². The molecule has 1 fully saturated rings. The van der Waals surface area contributed by atoms with E-state index in [1.54, 1.807) is 7.11 Å². The maximum Gasteiger partial charge on any atom is 0.183 e. The van der Waals surface area contributed by atoms with E-state index < -0.39 is 5.79 Å². The topological polar surface area (TPSA) is 27.7 Å². The number of hydrogen-bond acceptors (Lipinski definition) is 3. The lowest BCUT2D eigenvalue weighted by Crippen LogP contribution is -2.34. The van der Waals surface area contributed by atoms with Crippen LogP contribution in [0.3, 0.4) is 0 Å². The van der Waals surface area contributed by atoms with Crippen molar-refractivity contribution in [3.63, 3.8) is 0 Å². The van der Waals surface area contributed by atoms with Gasteiger partial charge in [0.2, 0.25) is 0 Å². The van der Waals surface area contributed by atoms with Crippen LogP contribution in [0.25, 0.3) is 0 Å². The Balaban J connectivity index is 2.61. The molecule has 0 bridgehead atoms. The van der Waals surface area contributed by atoms with Crippen molar-refractivity contribution in [1.29, 1.82) is 0 Å². The molecule has 1 unspecified atom stereocenters. The van der Waals surface area contributed by atoms with E-state index in [4.69, 9.17) is 14.2 Å². The zero-order chi connectivity index (χ0) is 11.5. The minimum Gasteiger partial charge on any atom is -0.353 e. The molecule has 0 spiro atoms. The van der Waals surface area contributed by atoms with Crippen molar-refractivity contribution in [2.24, 2.45) is 11.8 Å². The fourth-order valence-electron chi connectivity index (χ4n) is 2.19. The molecule has 1 heterocycles. The number of rotatable bonds is 5. The predicted octanol–water partition coefficient (Wildman–Crippen LogP) is 2.79. The second-order valence-electron chi connectivity index (χ2n) is 5.20. The minimum absolute atomic E-state index is 0.192. The van der Waals surface area contributed by atoms with E-state index >= 15 is 0 Å². The number of methoxy groups -OCH3 is 1. The average Bonchev–Trinajstić information content (AvgIpc) is 2.45. The maximum absolute atomic E-state index is 5.88. The van der Waals surface area contributed by atoms with E-state index in [-0.39, 0.29) is 6.29 Å². The van der Waals surface area contributed by atoms with Crippen LogP contribution in [0.1, 0.15) is 40.5 Å². The van der Waals surface area contributed by atoms with Gasteiger partial charge in [0.05, 0.1) is 0 Å². The third-order valence-corrected chi connectivity index (χ3v) is 2.53. The maximum atomic E-state index is 5.88. The molecule has 0 aliphatic carbocycles. The molecule has 3 nitrogen and oxygen atoms in total. The van der Waals surface area contributed by atoms with Crippen LogP contribution in [0, 0.1) is 11.8 Å². The molecule has 3 heteroatoms. The molecule has 0 N–H and O–H groups in total. The molecule has 1 rings (SSSR count). The summed E-state index contributed by atoms with van der Waals surface area (Å²) in [7, 11) is 1.66. The smallest absolute Gasteiger partial charge is 0.183 e. The van der Waals surface area contributed by atoms with Crippen LogP contribution in [-0.4, -0.2) is 25.8 Å². The van der Waals surface area contributed by atoms with Gasteiger partial charge >= 0.3 is 0 Å². The molecule has 0 amide bonds. The number of ether oxygens (including phenoxy) is 3. The van der Waals surface area contributed by atoms with E-state index in [1.165, 1.54) is 0 Å². The van der Waals surface area contributed by atoms with Gasteiger partial charge in [-0.1, -0.05) is 27.7 Å². The lowest BCUT2D eigenvalue weighted by atomic mass is 9.94. The summed E-state index contributed by atoms with van der Waals surface area (Å²) in [5, 5.41) is 0. The van der Waals surface area contributed by atoms with Gasteiger partial charge in [-0.15, -0.1) is 0 Å². The van der Waals surface area contributed by atoms with Crippen LogP contribution in [0.5, 0.6) is 0 Å². The second kappa shape index (κ2) is 5.28. The molecule has 0 radical (unpaired) electrons. The fraction of sp³-hybridized carbons (Fsp3) is 1.00. The highest BCUT2D eigenvalue weighted by atomic mass is 16.8. The Kier molecular flexibility index (Phi) is 4.56. The number of hydrogen-bond donors (Lipinski definition) is 0. The molecule has 0 aromatic rings. The Hall–Kier alpha value is -0.120. The zero-order valence-corrected chi connectivity index (χ0v) is 10.6. The Bertz CT molecular complexity index is 179. The second-order valence-corrected chi connectivity index (χ2v) is 5.20. The fourth-order valence-corrected chi connectivity index (χ4v) is 2.19. The normalized spacial score (nSPS) is 25.4. The summed E-state index contributed by atoms with van der Waals surface area (Å²) in [5.74, 6) is 0.724. The molecule has 1 aliphatic heterocycles. The molecule has 15 heavy (non-hydrogen) atoms. The summed E-state index contributed by atoms with van der Waals surface area (Å²) < 4.78 is 16.9. The standard InChI is InChI=1S/C12H24O3/c1-9(2)6-12(7-10(3)4)14-8-11(13-5)15-12/h9-11H,6-8H2,1-5H3. The van der Waals surface area contributed by atoms with Crippen LogP contribution in [-0.2, 0) is 14.2 Å². The summed E-state index contributed by atoms with van der Waals surface area (Å²) in [6.07, 6.45) is 1.68. The third kappa shape index (κ3) is 3.74. The van der Waals surface area contributed by atoms with Crippen molar-refractivity contribution in [2.45, 2.75) is 52.6 Å². The SMILES string of the molecule is COC1COC(CC(C)C)(CC(C)C)O1. The zero-order valence-electron chi connectivity index (χ0n) is 10.6. The predicted molar refractivity (Wildman–Crippen MR) is 59.5 cm³/mol. The Labute approximate surface area is 93.1 Å². The molecular weight excluding hydrogens is 192 g/mol. The summed E-state index contributed by atoms with van der Waals surface area (Å²) in [6, 6.07) is 0. The molecule has 1 saturated heterocycles. The van der Waals surface area contributed by atoms with E-state index in [0.717, 1.165) is 12.8 Å². The highest BCUT2D eigenvalue weighted by Gasteiger charge is 2.42. The summed E-state index contributed by atoms with van der Waals surface area (Å²) in [6.45, 7) is 9.31. The molecule has 1 atom stereocenters. The van der Waals surface area contributed by atoms with Gasteiger partial charge < -0.3 is 14.2 Å². The van der Waals surface area contributed by atoms with Crippen molar-refractivity contribution < 1.29 is 14.2 Å². The summed E-state index contributed by atoms with van der Waals surface area (Å²) in [4.78, 5) is 0. The quantitative estimate of drug-likeness (QED) is 0.707. The molecule has 0 aromatic heterocycles. The first-order valence-corrected chi connectivity index (χ1v) is 5.82. The van der Waals surface area contributed by atoms with E-state index in [9.17, 15) is 0 Å². The first kappa shape index (κ1) is 12.9. The lowest BCUT2D eigenvalue weighted by molar-refractivity contribution is -0.220. The summed E-state index contributed by atoms with van der Waals surface area (Å²) >= 11 is 0. The molecule has 1 aliphatic rings. The largest absolute Gasteiger partial charge is 0.353 e. The van der Waals surface area contributed by atoms with Crippen LogP contribution < -0.4 is 0 Å². The van der Waals surface area contributed by atoms with Gasteiger partial charge in [0.1, 0.15) is 6.61 Å². The van der Waals surface area contributed by atoms with Gasteiger partial charge in [0, 0.05) is 20.0 Å². The van der Waals surface area contributed by atoms with Gasteiger partial charge in [-0.3, -0.25) is 0 Å². The van der Waals surface area contributed by atoms with Gasteiger partial charge in [-0.2, -0.15) is 0 Å². The first-order chi connectivity index (χ1) is 6.97. The first-order valence-electron chi connectivity index (χ1n) is 5.82. The van der Waals surface area contributed by atoms with E-state index in [1.807, 2.05) is 0 Å². The molecule has 90 valence electrons. The van der Waals surface area contributed by atoms with Gasteiger partial charge in [0.25, 0.3) is 0 Å². The average molecular weight is 216 g/mol. The van der Waals surface area contributed by atoms with Crippen LogP contribution in [0.2, 0.25) is 0 Å². The highest BCUT2D eigenvalue weighted by Crippen LogP contribution is 2.35. The minimum atomic E-state index is -0.414. The lowest BCUT2D eigenvalue weighted by Gasteiger charge is -2.31. The Morgan fingerprint density at radius 3 is 2.07 bits per heavy atom. The molecule has 0 saturated carbocycles. The van der Waals surface area contributed by atoms with E-state index in [0.29, 0.717) is 18.4 Å². The van der Waals surface area contributed by atoms with Crippen LogP contribution in [0.15, 0.2) is 0 Å². The highest BCUT2D eigenvalue weighted by molar-refractivity contribution is 4.78. The third-order valence-electron chi connectivity index (χ3n) is 2.53. The van der Waals surface area contributed by atoms with Crippen molar-refractivity contribution >= 4 is 0 Å². The van der Waals surface area contributed by atoms with E-state index in [2.05, 4.69) is 27.7 Å². The molecule has 0 aromatic carbocycles. The van der Waals surface area contributed by atoms with Crippen molar-refractivity contribution in [3.05, 3.63) is 0 Å². The van der Waals surface area contributed by atoms with Crippen molar-refractivity contribution in [3.8, 4) is 0 Å². The van der Waals surface area contributed by atoms with Gasteiger partial charge in [-0.05, 0) is 11.8 Å².